The van der Waals surface area contributed by atoms with Crippen molar-refractivity contribution in [2.75, 3.05) is 36.2 Å². The summed E-state index contributed by atoms with van der Waals surface area (Å²) in [6.45, 7) is 18.6. The van der Waals surface area contributed by atoms with Crippen molar-refractivity contribution in [1.29, 1.82) is 0 Å². The van der Waals surface area contributed by atoms with Gasteiger partial charge in [0.1, 0.15) is 0 Å². The van der Waals surface area contributed by atoms with Crippen LogP contribution < -0.4 is 45.1 Å². The fourth-order valence-corrected chi connectivity index (χ4v) is 13.5. The van der Waals surface area contributed by atoms with Crippen LogP contribution in [0.25, 0.3) is 42.4 Å². The van der Waals surface area contributed by atoms with Crippen LogP contribution in [0.4, 0.5) is 32.8 Å². The maximum Gasteiger partial charge on any atom is 0.256 e. The Hall–Kier alpha value is -6.68. The second-order valence-corrected chi connectivity index (χ2v) is 23.4. The first-order chi connectivity index (χ1) is 33.9. The molecule has 0 saturated carbocycles. The zero-order valence-corrected chi connectivity index (χ0v) is 42.5. The molecule has 0 amide bonds. The smallest absolute Gasteiger partial charge is 0.256 e. The highest BCUT2D eigenvalue weighted by Gasteiger charge is 2.48. The minimum Gasteiger partial charge on any atom is -0.490 e. The Bertz CT molecular complexity index is 3340. The summed E-state index contributed by atoms with van der Waals surface area (Å²) in [7, 11) is 0. The second-order valence-electron chi connectivity index (χ2n) is 21.3. The summed E-state index contributed by atoms with van der Waals surface area (Å²) in [5.41, 5.74) is 16.6. The third-order valence-corrected chi connectivity index (χ3v) is 16.9. The van der Waals surface area contributed by atoms with Crippen LogP contribution >= 0.6 is 22.7 Å². The molecule has 7 aromatic carbocycles. The molecule has 9 heteroatoms. The molecule has 6 nitrogen and oxygen atoms in total. The van der Waals surface area contributed by atoms with Gasteiger partial charge in [0.15, 0.2) is 23.0 Å². The van der Waals surface area contributed by atoms with Crippen molar-refractivity contribution in [2.24, 2.45) is 0 Å². The highest BCUT2D eigenvalue weighted by atomic mass is 32.1. The first-order valence-electron chi connectivity index (χ1n) is 24.8. The summed E-state index contributed by atoms with van der Waals surface area (Å²) < 4.78 is 28.7. The maximum absolute atomic E-state index is 6.59. The molecule has 0 fully saturated rings. The molecule has 0 radical (unpaired) electrons. The molecule has 0 N–H and O–H groups in total. The fourth-order valence-electron chi connectivity index (χ4n) is 11.1. The van der Waals surface area contributed by atoms with E-state index in [9.17, 15) is 0 Å². The van der Waals surface area contributed by atoms with E-state index in [4.69, 9.17) is 18.9 Å². The minimum atomic E-state index is -0.0859. The molecular formula is C61H55BN2O4S2. The van der Waals surface area contributed by atoms with Gasteiger partial charge < -0.3 is 28.7 Å². The normalized spacial score (nSPS) is 15.1. The maximum atomic E-state index is 6.59. The zero-order chi connectivity index (χ0) is 47.6. The molecule has 0 atom stereocenters. The summed E-state index contributed by atoms with van der Waals surface area (Å²) >= 11 is 3.81. The summed E-state index contributed by atoms with van der Waals surface area (Å²) in [6.07, 6.45) is 1.65. The van der Waals surface area contributed by atoms with E-state index in [0.717, 1.165) is 69.5 Å². The van der Waals surface area contributed by atoms with Crippen molar-refractivity contribution in [2.45, 2.75) is 72.1 Å². The SMILES string of the molecule is Cc1cc2c3c(c1)N(c1cc4c(cc1-c1ccccc1)OCCCO4)c1sc4ccc(C(C)(C)C)cc4c1B3c1c(sc3ccc(C(C)(C)C)cc13)N2c1cc2c(cc1-c1ccccc1)OCCCO2. The van der Waals surface area contributed by atoms with Crippen molar-refractivity contribution in [3.05, 3.63) is 150 Å². The largest absolute Gasteiger partial charge is 0.490 e. The molecule has 0 aliphatic carbocycles. The molecule has 9 aromatic rings. The van der Waals surface area contributed by atoms with Crippen LogP contribution in [0.3, 0.4) is 0 Å². The monoisotopic (exact) mass is 954 g/mol. The van der Waals surface area contributed by atoms with Gasteiger partial charge in [-0.05, 0) is 109 Å². The van der Waals surface area contributed by atoms with Crippen LogP contribution in [0.15, 0.2) is 133 Å². The highest BCUT2D eigenvalue weighted by molar-refractivity contribution is 7.29. The highest BCUT2D eigenvalue weighted by Crippen LogP contribution is 2.56. The number of anilines is 6. The number of thiophene rings is 2. The van der Waals surface area contributed by atoms with Crippen LogP contribution in [-0.2, 0) is 10.8 Å². The molecule has 6 heterocycles. The van der Waals surface area contributed by atoms with E-state index in [1.807, 2.05) is 22.7 Å². The molecule has 70 heavy (non-hydrogen) atoms. The van der Waals surface area contributed by atoms with Crippen molar-refractivity contribution >= 4 is 98.7 Å². The fraction of sp³-hybridized carbons (Fsp3) is 0.246. The van der Waals surface area contributed by atoms with E-state index in [0.29, 0.717) is 26.4 Å². The van der Waals surface area contributed by atoms with Crippen molar-refractivity contribution < 1.29 is 18.9 Å². The van der Waals surface area contributed by atoms with Crippen molar-refractivity contribution in [1.82, 2.24) is 0 Å². The van der Waals surface area contributed by atoms with E-state index in [-0.39, 0.29) is 17.5 Å². The molecule has 13 rings (SSSR count). The van der Waals surface area contributed by atoms with Crippen LogP contribution in [0.1, 0.15) is 71.1 Å². The second kappa shape index (κ2) is 16.2. The van der Waals surface area contributed by atoms with Crippen LogP contribution in [0, 0.1) is 6.92 Å². The standard InChI is InChI=1S/C61H55BN2O4S2/c1-36-28-47-57-48(29-36)64(46-35-52-50(66-25-15-27-68-52)33-42(46)38-18-12-9-13-19-38)59-56(44-31-40(61(5,6)7)21-23-54(44)70-59)62(57)55-43-30-39(60(2,3)4)20-22-53(43)69-58(55)63(47)45-34-51-49(65-24-14-26-67-51)32-41(45)37-16-10-8-11-17-37/h8-13,16-23,28-35H,14-15,24-27H2,1-7H3. The van der Waals surface area contributed by atoms with Gasteiger partial charge in [0.05, 0.1) is 47.8 Å². The summed E-state index contributed by atoms with van der Waals surface area (Å²) in [5, 5.41) is 5.07. The molecule has 4 aliphatic rings. The van der Waals surface area contributed by atoms with Gasteiger partial charge in [-0.15, -0.1) is 22.7 Å². The number of nitrogens with zero attached hydrogens (tertiary/aromatic N) is 2. The Morgan fingerprint density at radius 3 is 1.24 bits per heavy atom. The Kier molecular flexibility index (Phi) is 10.0. The Labute approximate surface area is 419 Å². The van der Waals surface area contributed by atoms with Gasteiger partial charge in [-0.1, -0.05) is 126 Å². The molecule has 0 unspecified atom stereocenters. The van der Waals surface area contributed by atoms with Crippen molar-refractivity contribution in [3.8, 4) is 45.3 Å². The first kappa shape index (κ1) is 43.4. The van der Waals surface area contributed by atoms with Crippen LogP contribution in [0.5, 0.6) is 23.0 Å². The molecule has 0 saturated heterocycles. The predicted octanol–water partition coefficient (Wildman–Crippen LogP) is 14.8. The Balaban J connectivity index is 1.19. The molecule has 4 aliphatic heterocycles. The lowest BCUT2D eigenvalue weighted by atomic mass is 9.33. The molecular weight excluding hydrogens is 900 g/mol. The molecule has 2 aromatic heterocycles. The average molecular weight is 955 g/mol. The third kappa shape index (κ3) is 6.94. The van der Waals surface area contributed by atoms with Gasteiger partial charge in [0.2, 0.25) is 0 Å². The van der Waals surface area contributed by atoms with Gasteiger partial charge in [-0.25, -0.2) is 0 Å². The number of rotatable bonds is 4. The molecule has 348 valence electrons. The van der Waals surface area contributed by atoms with E-state index in [2.05, 4.69) is 192 Å². The predicted molar refractivity (Wildman–Crippen MR) is 295 cm³/mol. The van der Waals surface area contributed by atoms with Gasteiger partial charge in [-0.2, -0.15) is 0 Å². The van der Waals surface area contributed by atoms with E-state index < -0.39 is 0 Å². The van der Waals surface area contributed by atoms with E-state index in [1.165, 1.54) is 74.6 Å². The Morgan fingerprint density at radius 2 is 0.843 bits per heavy atom. The van der Waals surface area contributed by atoms with E-state index >= 15 is 0 Å². The van der Waals surface area contributed by atoms with Crippen molar-refractivity contribution in [3.63, 3.8) is 0 Å². The van der Waals surface area contributed by atoms with E-state index in [1.54, 1.807) is 0 Å². The quantitative estimate of drug-likeness (QED) is 0.164. The number of hydrogen-bond donors (Lipinski definition) is 0. The lowest BCUT2D eigenvalue weighted by Crippen LogP contribution is -2.60. The van der Waals surface area contributed by atoms with Crippen LogP contribution in [0.2, 0.25) is 0 Å². The lowest BCUT2D eigenvalue weighted by molar-refractivity contribution is 0.296. The topological polar surface area (TPSA) is 43.4 Å². The van der Waals surface area contributed by atoms with Gasteiger partial charge in [0, 0.05) is 56.9 Å². The summed E-state index contributed by atoms with van der Waals surface area (Å²) in [5.74, 6) is 3.11. The van der Waals surface area contributed by atoms with Gasteiger partial charge in [-0.3, -0.25) is 0 Å². The van der Waals surface area contributed by atoms with Crippen LogP contribution in [-0.4, -0.2) is 33.1 Å². The number of ether oxygens (including phenoxy) is 4. The average Bonchev–Trinajstić information content (AvgIpc) is 3.70. The third-order valence-electron chi connectivity index (χ3n) is 14.6. The molecule has 0 bridgehead atoms. The van der Waals surface area contributed by atoms with Gasteiger partial charge in [0.25, 0.3) is 6.71 Å². The first-order valence-corrected chi connectivity index (χ1v) is 26.4. The summed E-state index contributed by atoms with van der Waals surface area (Å²) in [4.78, 5) is 5.17. The number of aryl methyl sites for hydroxylation is 1. The Morgan fingerprint density at radius 1 is 0.443 bits per heavy atom. The zero-order valence-electron chi connectivity index (χ0n) is 40.9. The number of benzene rings is 7. The van der Waals surface area contributed by atoms with Gasteiger partial charge >= 0.3 is 0 Å². The number of fused-ring (bicyclic) bond motifs is 10. The number of hydrogen-bond acceptors (Lipinski definition) is 8. The molecule has 0 spiro atoms. The lowest BCUT2D eigenvalue weighted by Gasteiger charge is -2.43. The minimum absolute atomic E-state index is 0.0530. The summed E-state index contributed by atoms with van der Waals surface area (Å²) in [6, 6.07) is 49.9.